The Labute approximate surface area is 149 Å². The van der Waals surface area contributed by atoms with Gasteiger partial charge in [-0.25, -0.2) is 16.9 Å². The third-order valence-corrected chi connectivity index (χ3v) is 7.21. The van der Waals surface area contributed by atoms with Crippen molar-refractivity contribution in [3.8, 4) is 0 Å². The van der Waals surface area contributed by atoms with Crippen molar-refractivity contribution in [1.82, 2.24) is 4.31 Å². The first-order valence-electron chi connectivity index (χ1n) is 7.70. The van der Waals surface area contributed by atoms with E-state index in [0.29, 0.717) is 9.80 Å². The SMILES string of the molecule is Cc1ccc(S(=O)(=O)N2CCC(S(=O)c3ccccc3)=CC2=O)cc1. The lowest BCUT2D eigenvalue weighted by molar-refractivity contribution is -0.122. The van der Waals surface area contributed by atoms with Gasteiger partial charge in [0.2, 0.25) is 0 Å². The zero-order chi connectivity index (χ0) is 18.0. The van der Waals surface area contributed by atoms with E-state index in [9.17, 15) is 17.4 Å². The van der Waals surface area contributed by atoms with Crippen LogP contribution in [0.15, 0.2) is 75.4 Å². The Morgan fingerprint density at radius 2 is 1.64 bits per heavy atom. The van der Waals surface area contributed by atoms with Crippen LogP contribution in [0, 0.1) is 6.92 Å². The summed E-state index contributed by atoms with van der Waals surface area (Å²) in [7, 11) is -5.36. The van der Waals surface area contributed by atoms with Crippen molar-refractivity contribution < 1.29 is 17.4 Å². The van der Waals surface area contributed by atoms with Crippen LogP contribution < -0.4 is 0 Å². The molecule has 0 saturated heterocycles. The molecule has 2 aromatic rings. The minimum absolute atomic E-state index is 0.0144. The number of carbonyl (C=O) groups excluding carboxylic acids is 1. The first-order valence-corrected chi connectivity index (χ1v) is 10.3. The summed E-state index contributed by atoms with van der Waals surface area (Å²) in [5.41, 5.74) is 0.935. The highest BCUT2D eigenvalue weighted by Crippen LogP contribution is 2.25. The van der Waals surface area contributed by atoms with Gasteiger partial charge in [0, 0.05) is 28.8 Å². The molecule has 1 heterocycles. The van der Waals surface area contributed by atoms with Crippen molar-refractivity contribution in [2.45, 2.75) is 23.1 Å². The number of sulfonamides is 1. The maximum absolute atomic E-state index is 12.7. The smallest absolute Gasteiger partial charge is 0.266 e. The molecule has 0 N–H and O–H groups in total. The normalized spacial score (nSPS) is 16.4. The van der Waals surface area contributed by atoms with E-state index in [-0.39, 0.29) is 17.9 Å². The number of carbonyl (C=O) groups is 1. The van der Waals surface area contributed by atoms with Crippen molar-refractivity contribution >= 4 is 26.7 Å². The third-order valence-electron chi connectivity index (χ3n) is 3.90. The lowest BCUT2D eigenvalue weighted by Gasteiger charge is -2.25. The van der Waals surface area contributed by atoms with E-state index in [1.807, 2.05) is 13.0 Å². The van der Waals surface area contributed by atoms with Crippen LogP contribution in [0.4, 0.5) is 0 Å². The number of nitrogens with zero attached hydrogens (tertiary/aromatic N) is 1. The van der Waals surface area contributed by atoms with Gasteiger partial charge in [0.15, 0.2) is 0 Å². The largest absolute Gasteiger partial charge is 0.269 e. The molecule has 0 radical (unpaired) electrons. The quantitative estimate of drug-likeness (QED) is 0.824. The molecule has 1 aliphatic rings. The first kappa shape index (κ1) is 17.6. The van der Waals surface area contributed by atoms with E-state index in [2.05, 4.69) is 0 Å². The van der Waals surface area contributed by atoms with Gasteiger partial charge in [-0.15, -0.1) is 0 Å². The summed E-state index contributed by atoms with van der Waals surface area (Å²) in [6.07, 6.45) is 1.43. The molecule has 0 spiro atoms. The summed E-state index contributed by atoms with van der Waals surface area (Å²) in [4.78, 5) is 13.5. The summed E-state index contributed by atoms with van der Waals surface area (Å²) in [5, 5.41) is 0. The lowest BCUT2D eigenvalue weighted by Crippen LogP contribution is -2.39. The lowest BCUT2D eigenvalue weighted by atomic mass is 10.2. The summed E-state index contributed by atoms with van der Waals surface area (Å²) in [5.74, 6) is -0.661. The summed E-state index contributed by atoms with van der Waals surface area (Å²) >= 11 is 0. The highest BCUT2D eigenvalue weighted by Gasteiger charge is 2.32. The molecule has 7 heteroatoms. The van der Waals surface area contributed by atoms with E-state index >= 15 is 0 Å². The molecular weight excluding hydrogens is 358 g/mol. The Morgan fingerprint density at radius 1 is 1.00 bits per heavy atom. The van der Waals surface area contributed by atoms with E-state index < -0.39 is 26.7 Å². The van der Waals surface area contributed by atoms with Crippen molar-refractivity contribution in [1.29, 1.82) is 0 Å². The topological polar surface area (TPSA) is 71.5 Å². The molecule has 0 bridgehead atoms. The molecule has 1 atom stereocenters. The first-order chi connectivity index (χ1) is 11.9. The van der Waals surface area contributed by atoms with E-state index in [1.54, 1.807) is 36.4 Å². The molecule has 1 aliphatic heterocycles. The van der Waals surface area contributed by atoms with Crippen molar-refractivity contribution in [2.24, 2.45) is 0 Å². The van der Waals surface area contributed by atoms with Crippen LogP contribution in [-0.2, 0) is 25.6 Å². The molecule has 3 rings (SSSR count). The summed E-state index contributed by atoms with van der Waals surface area (Å²) in [6.45, 7) is 1.84. The molecule has 2 aromatic carbocycles. The fourth-order valence-electron chi connectivity index (χ4n) is 2.52. The van der Waals surface area contributed by atoms with Crippen molar-refractivity contribution in [3.63, 3.8) is 0 Å². The molecule has 0 aliphatic carbocycles. The van der Waals surface area contributed by atoms with E-state index in [4.69, 9.17) is 0 Å². The molecule has 0 fully saturated rings. The zero-order valence-electron chi connectivity index (χ0n) is 13.6. The average molecular weight is 375 g/mol. The van der Waals surface area contributed by atoms with Crippen LogP contribution >= 0.6 is 0 Å². The van der Waals surface area contributed by atoms with Crippen LogP contribution in [0.1, 0.15) is 12.0 Å². The second kappa shape index (κ2) is 6.93. The molecule has 1 amide bonds. The summed E-state index contributed by atoms with van der Waals surface area (Å²) in [6, 6.07) is 15.1. The monoisotopic (exact) mass is 375 g/mol. The van der Waals surface area contributed by atoms with Crippen LogP contribution in [0.2, 0.25) is 0 Å². The Hall–Kier alpha value is -2.25. The zero-order valence-corrected chi connectivity index (χ0v) is 15.2. The number of hydrogen-bond acceptors (Lipinski definition) is 4. The van der Waals surface area contributed by atoms with Gasteiger partial charge in [-0.05, 0) is 31.2 Å². The second-order valence-electron chi connectivity index (χ2n) is 5.67. The number of hydrogen-bond donors (Lipinski definition) is 0. The fraction of sp³-hybridized carbons (Fsp3) is 0.167. The maximum Gasteiger partial charge on any atom is 0.266 e. The van der Waals surface area contributed by atoms with Crippen molar-refractivity contribution in [2.75, 3.05) is 6.54 Å². The van der Waals surface area contributed by atoms with Crippen molar-refractivity contribution in [3.05, 3.63) is 71.1 Å². The highest BCUT2D eigenvalue weighted by atomic mass is 32.2. The maximum atomic E-state index is 12.7. The molecule has 1 unspecified atom stereocenters. The van der Waals surface area contributed by atoms with E-state index in [0.717, 1.165) is 9.87 Å². The minimum atomic E-state index is -3.90. The Kier molecular flexibility index (Phi) is 4.87. The average Bonchev–Trinajstić information content (AvgIpc) is 2.62. The van der Waals surface area contributed by atoms with Gasteiger partial charge < -0.3 is 0 Å². The molecule has 25 heavy (non-hydrogen) atoms. The number of amides is 1. The molecule has 0 saturated carbocycles. The van der Waals surface area contributed by atoms with Gasteiger partial charge in [0.25, 0.3) is 15.9 Å². The van der Waals surface area contributed by atoms with Gasteiger partial charge in [-0.1, -0.05) is 35.9 Å². The number of aryl methyl sites for hydroxylation is 1. The van der Waals surface area contributed by atoms with Crippen LogP contribution in [-0.4, -0.2) is 29.4 Å². The second-order valence-corrected chi connectivity index (χ2v) is 9.07. The number of benzene rings is 2. The standard InChI is InChI=1S/C18H17NO4S2/c1-14-7-9-17(10-8-14)25(22,23)19-12-11-16(13-18(19)20)24(21)15-5-3-2-4-6-15/h2-10,13H,11-12H2,1H3. The van der Waals surface area contributed by atoms with Crippen LogP contribution in [0.25, 0.3) is 0 Å². The molecular formula is C18H17NO4S2. The Morgan fingerprint density at radius 3 is 2.24 bits per heavy atom. The van der Waals surface area contributed by atoms with Crippen LogP contribution in [0.3, 0.4) is 0 Å². The molecule has 130 valence electrons. The fourth-order valence-corrected chi connectivity index (χ4v) is 5.07. The molecule has 5 nitrogen and oxygen atoms in total. The van der Waals surface area contributed by atoms with Gasteiger partial charge in [0.05, 0.1) is 15.7 Å². The van der Waals surface area contributed by atoms with Crippen LogP contribution in [0.5, 0.6) is 0 Å². The predicted octanol–water partition coefficient (Wildman–Crippen LogP) is 2.61. The Bertz CT molecular complexity index is 948. The third kappa shape index (κ3) is 3.57. The van der Waals surface area contributed by atoms with E-state index in [1.165, 1.54) is 18.2 Å². The van der Waals surface area contributed by atoms with Gasteiger partial charge in [0.1, 0.15) is 0 Å². The minimum Gasteiger partial charge on any atom is -0.269 e. The summed E-state index contributed by atoms with van der Waals surface area (Å²) < 4.78 is 38.7. The van der Waals surface area contributed by atoms with Gasteiger partial charge >= 0.3 is 0 Å². The van der Waals surface area contributed by atoms with Gasteiger partial charge in [-0.2, -0.15) is 0 Å². The molecule has 0 aromatic heterocycles. The number of rotatable bonds is 4. The Balaban J connectivity index is 1.86. The predicted molar refractivity (Wildman–Crippen MR) is 95.6 cm³/mol. The highest BCUT2D eigenvalue weighted by molar-refractivity contribution is 7.90. The van der Waals surface area contributed by atoms with Gasteiger partial charge in [-0.3, -0.25) is 4.79 Å².